The molecule has 0 radical (unpaired) electrons. The number of rotatable bonds is 1. The average molecular weight is 132 g/mol. The zero-order valence-corrected chi connectivity index (χ0v) is 6.42. The lowest BCUT2D eigenvalue weighted by molar-refractivity contribution is 0.191. The summed E-state index contributed by atoms with van der Waals surface area (Å²) in [6, 6.07) is 0. The lowest BCUT2D eigenvalue weighted by Gasteiger charge is -1.90. The zero-order valence-electron chi connectivity index (χ0n) is 6.42. The third kappa shape index (κ3) is 11.5. The van der Waals surface area contributed by atoms with Crippen LogP contribution in [0.15, 0.2) is 0 Å². The van der Waals surface area contributed by atoms with Gasteiger partial charge in [0.25, 0.3) is 0 Å². The topological polar surface area (TPSA) is 32.8 Å². The van der Waals surface area contributed by atoms with E-state index in [0.29, 0.717) is 6.10 Å². The number of epoxide rings is 1. The van der Waals surface area contributed by atoms with Crippen molar-refractivity contribution < 1.29 is 9.84 Å². The van der Waals surface area contributed by atoms with Gasteiger partial charge in [-0.1, -0.05) is 6.92 Å². The summed E-state index contributed by atoms with van der Waals surface area (Å²) < 4.78 is 4.71. The quantitative estimate of drug-likeness (QED) is 0.543. The largest absolute Gasteiger partial charge is 0.393 e. The highest BCUT2D eigenvalue weighted by Crippen LogP contribution is 2.04. The summed E-state index contributed by atoms with van der Waals surface area (Å²) in [4.78, 5) is 0. The van der Waals surface area contributed by atoms with Crippen molar-refractivity contribution in [2.24, 2.45) is 0 Å². The maximum absolute atomic E-state index is 8.36. The van der Waals surface area contributed by atoms with Crippen LogP contribution in [-0.4, -0.2) is 23.9 Å². The Kier molecular flexibility index (Phi) is 4.72. The highest BCUT2D eigenvalue weighted by Gasteiger charge is 2.13. The van der Waals surface area contributed by atoms with Gasteiger partial charge < -0.3 is 9.84 Å². The fourth-order valence-corrected chi connectivity index (χ4v) is 0.0962. The summed E-state index contributed by atoms with van der Waals surface area (Å²) in [5, 5.41) is 8.36. The van der Waals surface area contributed by atoms with Gasteiger partial charge in [0.1, 0.15) is 0 Å². The summed E-state index contributed by atoms with van der Waals surface area (Å²) in [7, 11) is 0. The molecule has 2 nitrogen and oxygen atoms in total. The molecule has 1 N–H and O–H groups in total. The number of aliphatic hydroxyl groups excluding tert-OH is 1. The van der Waals surface area contributed by atoms with E-state index < -0.39 is 0 Å². The van der Waals surface area contributed by atoms with E-state index in [0.717, 1.165) is 13.0 Å². The summed E-state index contributed by atoms with van der Waals surface area (Å²) in [6.07, 6.45) is 1.33. The molecule has 0 saturated carbocycles. The van der Waals surface area contributed by atoms with Crippen molar-refractivity contribution in [1.82, 2.24) is 0 Å². The second-order valence-electron chi connectivity index (χ2n) is 2.40. The van der Waals surface area contributed by atoms with E-state index in [1.165, 1.54) is 0 Å². The minimum atomic E-state index is -0.116. The average Bonchev–Trinajstić information content (AvgIpc) is 2.53. The van der Waals surface area contributed by atoms with Gasteiger partial charge in [-0.05, 0) is 20.3 Å². The molecule has 56 valence electrons. The van der Waals surface area contributed by atoms with E-state index >= 15 is 0 Å². The van der Waals surface area contributed by atoms with Crippen LogP contribution in [0.3, 0.4) is 0 Å². The van der Waals surface area contributed by atoms with Crippen molar-refractivity contribution in [1.29, 1.82) is 0 Å². The van der Waals surface area contributed by atoms with Crippen LogP contribution >= 0.6 is 0 Å². The molecule has 0 amide bonds. The van der Waals surface area contributed by atoms with Crippen LogP contribution in [0, 0.1) is 0 Å². The zero-order chi connectivity index (χ0) is 7.28. The summed E-state index contributed by atoms with van der Waals surface area (Å²) in [5.74, 6) is 0. The molecule has 1 aliphatic rings. The maximum atomic E-state index is 8.36. The second-order valence-corrected chi connectivity index (χ2v) is 2.40. The number of hydrogen-bond donors (Lipinski definition) is 1. The SMILES string of the molecule is CC[C@H](C)O.C[C@H]1CO1. The third-order valence-corrected chi connectivity index (χ3v) is 1.09. The molecule has 0 aliphatic carbocycles. The maximum Gasteiger partial charge on any atom is 0.0781 e. The molecule has 0 aromatic heterocycles. The first-order valence-corrected chi connectivity index (χ1v) is 3.46. The van der Waals surface area contributed by atoms with Crippen molar-refractivity contribution in [3.8, 4) is 0 Å². The smallest absolute Gasteiger partial charge is 0.0781 e. The van der Waals surface area contributed by atoms with Crippen LogP contribution in [0.2, 0.25) is 0 Å². The number of hydrogen-bond acceptors (Lipinski definition) is 2. The molecule has 2 atom stereocenters. The van der Waals surface area contributed by atoms with Crippen LogP contribution in [-0.2, 0) is 4.74 Å². The fourth-order valence-electron chi connectivity index (χ4n) is 0.0962. The molecule has 1 heterocycles. The fraction of sp³-hybridized carbons (Fsp3) is 1.00. The van der Waals surface area contributed by atoms with Crippen LogP contribution in [0.4, 0.5) is 0 Å². The molecule has 1 fully saturated rings. The first-order chi connectivity index (χ1) is 4.16. The summed E-state index contributed by atoms with van der Waals surface area (Å²) in [5.41, 5.74) is 0. The van der Waals surface area contributed by atoms with E-state index in [4.69, 9.17) is 9.84 Å². The van der Waals surface area contributed by atoms with E-state index in [-0.39, 0.29) is 6.10 Å². The van der Waals surface area contributed by atoms with E-state index in [1.807, 2.05) is 6.92 Å². The molecule has 0 spiro atoms. The van der Waals surface area contributed by atoms with Crippen molar-refractivity contribution in [2.75, 3.05) is 6.61 Å². The number of aliphatic hydroxyl groups is 1. The van der Waals surface area contributed by atoms with Gasteiger partial charge in [-0.2, -0.15) is 0 Å². The van der Waals surface area contributed by atoms with Gasteiger partial charge in [0.05, 0.1) is 18.8 Å². The Labute approximate surface area is 56.8 Å². The van der Waals surface area contributed by atoms with Crippen molar-refractivity contribution in [2.45, 2.75) is 39.4 Å². The van der Waals surface area contributed by atoms with Crippen LogP contribution in [0.25, 0.3) is 0 Å². The summed E-state index contributed by atoms with van der Waals surface area (Å²) >= 11 is 0. The van der Waals surface area contributed by atoms with E-state index in [1.54, 1.807) is 6.92 Å². The molecule has 1 saturated heterocycles. The van der Waals surface area contributed by atoms with E-state index in [9.17, 15) is 0 Å². The third-order valence-electron chi connectivity index (χ3n) is 1.09. The molecule has 0 aromatic carbocycles. The van der Waals surface area contributed by atoms with Crippen LogP contribution in [0.5, 0.6) is 0 Å². The van der Waals surface area contributed by atoms with Crippen molar-refractivity contribution >= 4 is 0 Å². The van der Waals surface area contributed by atoms with Crippen LogP contribution in [0.1, 0.15) is 27.2 Å². The minimum absolute atomic E-state index is 0.116. The van der Waals surface area contributed by atoms with Crippen LogP contribution < -0.4 is 0 Å². The number of ether oxygens (including phenoxy) is 1. The van der Waals surface area contributed by atoms with Gasteiger partial charge in [-0.25, -0.2) is 0 Å². The molecular weight excluding hydrogens is 116 g/mol. The Balaban J connectivity index is 0.000000144. The highest BCUT2D eigenvalue weighted by molar-refractivity contribution is 4.58. The minimum Gasteiger partial charge on any atom is -0.393 e. The molecule has 9 heavy (non-hydrogen) atoms. The normalized spacial score (nSPS) is 26.0. The molecule has 0 unspecified atom stereocenters. The molecule has 2 heteroatoms. The molecule has 0 aromatic rings. The van der Waals surface area contributed by atoms with Gasteiger partial charge >= 0.3 is 0 Å². The van der Waals surface area contributed by atoms with Gasteiger partial charge in [-0.15, -0.1) is 0 Å². The molecule has 1 aliphatic heterocycles. The Morgan fingerprint density at radius 1 is 1.78 bits per heavy atom. The predicted molar refractivity (Wildman–Crippen MR) is 37.4 cm³/mol. The molecule has 0 bridgehead atoms. The Morgan fingerprint density at radius 2 is 2.00 bits per heavy atom. The predicted octanol–water partition coefficient (Wildman–Crippen LogP) is 1.18. The lowest BCUT2D eigenvalue weighted by Crippen LogP contribution is -1.93. The van der Waals surface area contributed by atoms with Gasteiger partial charge in [0.2, 0.25) is 0 Å². The Bertz CT molecular complexity index is 57.9. The highest BCUT2D eigenvalue weighted by atomic mass is 16.6. The molecular formula is C7H16O2. The van der Waals surface area contributed by atoms with Crippen molar-refractivity contribution in [3.05, 3.63) is 0 Å². The first kappa shape index (κ1) is 8.92. The standard InChI is InChI=1S/C4H10O.C3H6O/c1-3-4(2)5;1-3-2-4-3/h4-5H,3H2,1-2H3;3H,2H2,1H3/t4-;3-/m00/s1. The van der Waals surface area contributed by atoms with Gasteiger partial charge in [0, 0.05) is 0 Å². The monoisotopic (exact) mass is 132 g/mol. The summed E-state index contributed by atoms with van der Waals surface area (Å²) in [6.45, 7) is 6.77. The second kappa shape index (κ2) is 4.77. The van der Waals surface area contributed by atoms with Crippen molar-refractivity contribution in [3.63, 3.8) is 0 Å². The Hall–Kier alpha value is -0.0800. The van der Waals surface area contributed by atoms with E-state index in [2.05, 4.69) is 6.92 Å². The first-order valence-electron chi connectivity index (χ1n) is 3.46. The van der Waals surface area contributed by atoms with Gasteiger partial charge in [-0.3, -0.25) is 0 Å². The molecule has 1 rings (SSSR count). The van der Waals surface area contributed by atoms with Gasteiger partial charge in [0.15, 0.2) is 0 Å². The lowest BCUT2D eigenvalue weighted by atomic mass is 10.3. The Morgan fingerprint density at radius 3 is 2.00 bits per heavy atom.